The molecule has 0 aromatic heterocycles. The van der Waals surface area contributed by atoms with E-state index >= 15 is 0 Å². The molecular weight excluding hydrogens is 202 g/mol. The Morgan fingerprint density at radius 3 is 2.81 bits per heavy atom. The van der Waals surface area contributed by atoms with Gasteiger partial charge >= 0.3 is 0 Å². The van der Waals surface area contributed by atoms with Gasteiger partial charge in [0.25, 0.3) is 0 Å². The molecule has 0 aliphatic carbocycles. The van der Waals surface area contributed by atoms with E-state index in [1.807, 2.05) is 13.8 Å². The number of carbonyl (C=O) groups excluding carboxylic acids is 1. The zero-order valence-electron chi connectivity index (χ0n) is 10.8. The molecule has 1 aliphatic rings. The van der Waals surface area contributed by atoms with Gasteiger partial charge in [0, 0.05) is 18.0 Å². The van der Waals surface area contributed by atoms with Gasteiger partial charge in [0.15, 0.2) is 0 Å². The Morgan fingerprint density at radius 2 is 2.25 bits per heavy atom. The van der Waals surface area contributed by atoms with Crippen LogP contribution >= 0.6 is 0 Å². The van der Waals surface area contributed by atoms with Crippen LogP contribution in [-0.4, -0.2) is 43.5 Å². The van der Waals surface area contributed by atoms with E-state index in [0.717, 1.165) is 25.9 Å². The first-order valence-corrected chi connectivity index (χ1v) is 6.15. The number of nitrogens with one attached hydrogen (secondary N) is 1. The van der Waals surface area contributed by atoms with Gasteiger partial charge in [-0.05, 0) is 39.4 Å². The highest BCUT2D eigenvalue weighted by Gasteiger charge is 2.29. The molecule has 1 saturated heterocycles. The number of piperidine rings is 1. The lowest BCUT2D eigenvalue weighted by Gasteiger charge is -2.33. The Hall–Kier alpha value is -0.610. The Balaban J connectivity index is 2.44. The summed E-state index contributed by atoms with van der Waals surface area (Å²) in [6.45, 7) is 6.58. The topological polar surface area (TPSA) is 58.4 Å². The van der Waals surface area contributed by atoms with Crippen LogP contribution in [0.2, 0.25) is 0 Å². The third kappa shape index (κ3) is 3.76. The lowest BCUT2D eigenvalue weighted by molar-refractivity contribution is -0.130. The van der Waals surface area contributed by atoms with E-state index in [1.54, 1.807) is 0 Å². The molecule has 0 spiro atoms. The average Bonchev–Trinajstić information content (AvgIpc) is 2.17. The molecule has 1 heterocycles. The first kappa shape index (κ1) is 13.5. The maximum absolute atomic E-state index is 12.0. The number of nitrogens with two attached hydrogens (primary N) is 1. The van der Waals surface area contributed by atoms with Crippen molar-refractivity contribution in [3.8, 4) is 0 Å². The van der Waals surface area contributed by atoms with Gasteiger partial charge in [-0.3, -0.25) is 4.79 Å². The highest BCUT2D eigenvalue weighted by molar-refractivity contribution is 5.82. The molecule has 0 aromatic rings. The maximum Gasteiger partial charge on any atom is 0.225 e. The van der Waals surface area contributed by atoms with Gasteiger partial charge in [0.2, 0.25) is 5.91 Å². The largest absolute Gasteiger partial charge is 0.352 e. The molecule has 94 valence electrons. The highest BCUT2D eigenvalue weighted by atomic mass is 16.2. The molecule has 1 amide bonds. The Morgan fingerprint density at radius 1 is 1.56 bits per heavy atom. The van der Waals surface area contributed by atoms with Crippen LogP contribution in [0.1, 0.15) is 33.1 Å². The molecule has 0 aromatic carbocycles. The molecule has 1 aliphatic heterocycles. The number of rotatable bonds is 4. The predicted molar refractivity (Wildman–Crippen MR) is 66.1 cm³/mol. The molecule has 16 heavy (non-hydrogen) atoms. The van der Waals surface area contributed by atoms with E-state index in [4.69, 9.17) is 5.73 Å². The minimum Gasteiger partial charge on any atom is -0.352 e. The van der Waals surface area contributed by atoms with Crippen LogP contribution in [0.3, 0.4) is 0 Å². The summed E-state index contributed by atoms with van der Waals surface area (Å²) < 4.78 is 0. The van der Waals surface area contributed by atoms with Crippen LogP contribution < -0.4 is 11.1 Å². The van der Waals surface area contributed by atoms with Crippen molar-refractivity contribution in [2.24, 2.45) is 11.1 Å². The Labute approximate surface area is 98.6 Å². The van der Waals surface area contributed by atoms with E-state index in [1.165, 1.54) is 6.42 Å². The quantitative estimate of drug-likeness (QED) is 0.738. The monoisotopic (exact) mass is 227 g/mol. The molecular formula is C12H25N3O. The van der Waals surface area contributed by atoms with Crippen LogP contribution in [0.15, 0.2) is 0 Å². The standard InChI is InChI=1S/C12H25N3O/c1-12(2,6-7-13)11(16)14-10-5-4-8-15(3)9-10/h10H,4-9,13H2,1-3H3,(H,14,16). The van der Waals surface area contributed by atoms with Crippen molar-refractivity contribution in [2.45, 2.75) is 39.2 Å². The second-order valence-corrected chi connectivity index (χ2v) is 5.50. The number of likely N-dealkylation sites (tertiary alicyclic amines) is 1. The van der Waals surface area contributed by atoms with Crippen LogP contribution in [0.4, 0.5) is 0 Å². The van der Waals surface area contributed by atoms with Crippen molar-refractivity contribution < 1.29 is 4.79 Å². The summed E-state index contributed by atoms with van der Waals surface area (Å²) >= 11 is 0. The summed E-state index contributed by atoms with van der Waals surface area (Å²) in [5, 5.41) is 3.14. The van der Waals surface area contributed by atoms with Gasteiger partial charge in [-0.2, -0.15) is 0 Å². The first-order chi connectivity index (χ1) is 7.45. The van der Waals surface area contributed by atoms with Gasteiger partial charge in [-0.25, -0.2) is 0 Å². The summed E-state index contributed by atoms with van der Waals surface area (Å²) in [6, 6.07) is 0.309. The number of amides is 1. The molecule has 4 nitrogen and oxygen atoms in total. The SMILES string of the molecule is CN1CCCC(NC(=O)C(C)(C)CCN)C1. The van der Waals surface area contributed by atoms with Gasteiger partial charge in [0.1, 0.15) is 0 Å². The van der Waals surface area contributed by atoms with Crippen LogP contribution in [-0.2, 0) is 4.79 Å². The summed E-state index contributed by atoms with van der Waals surface area (Å²) in [5.41, 5.74) is 5.18. The Bertz CT molecular complexity index is 240. The third-order valence-corrected chi connectivity index (χ3v) is 3.34. The zero-order valence-corrected chi connectivity index (χ0v) is 10.8. The number of nitrogens with zero attached hydrogens (tertiary/aromatic N) is 1. The van der Waals surface area contributed by atoms with Crippen molar-refractivity contribution in [1.29, 1.82) is 0 Å². The van der Waals surface area contributed by atoms with E-state index in [9.17, 15) is 4.79 Å². The van der Waals surface area contributed by atoms with E-state index in [2.05, 4.69) is 17.3 Å². The summed E-state index contributed by atoms with van der Waals surface area (Å²) in [6.07, 6.45) is 2.99. The van der Waals surface area contributed by atoms with Gasteiger partial charge in [0.05, 0.1) is 0 Å². The average molecular weight is 227 g/mol. The molecule has 1 atom stereocenters. The van der Waals surface area contributed by atoms with Crippen LogP contribution in [0.25, 0.3) is 0 Å². The van der Waals surface area contributed by atoms with Crippen LogP contribution in [0, 0.1) is 5.41 Å². The fraction of sp³-hybridized carbons (Fsp3) is 0.917. The maximum atomic E-state index is 12.0. The summed E-state index contributed by atoms with van der Waals surface area (Å²) in [7, 11) is 2.10. The molecule has 1 unspecified atom stereocenters. The molecule has 1 fully saturated rings. The number of carbonyl (C=O) groups is 1. The second kappa shape index (κ2) is 5.64. The normalized spacial score (nSPS) is 23.1. The first-order valence-electron chi connectivity index (χ1n) is 6.15. The van der Waals surface area contributed by atoms with Gasteiger partial charge in [-0.1, -0.05) is 13.8 Å². The van der Waals surface area contributed by atoms with E-state index in [0.29, 0.717) is 12.6 Å². The Kier molecular flexibility index (Phi) is 4.74. The summed E-state index contributed by atoms with van der Waals surface area (Å²) in [5.74, 6) is 0.137. The lowest BCUT2D eigenvalue weighted by Crippen LogP contribution is -2.50. The minimum absolute atomic E-state index is 0.137. The van der Waals surface area contributed by atoms with Crippen molar-refractivity contribution in [3.63, 3.8) is 0 Å². The van der Waals surface area contributed by atoms with E-state index < -0.39 is 0 Å². The molecule has 3 N–H and O–H groups in total. The van der Waals surface area contributed by atoms with Gasteiger partial charge < -0.3 is 16.0 Å². The third-order valence-electron chi connectivity index (χ3n) is 3.34. The number of likely N-dealkylation sites (N-methyl/N-ethyl adjacent to an activating group) is 1. The number of hydrogen-bond acceptors (Lipinski definition) is 3. The highest BCUT2D eigenvalue weighted by Crippen LogP contribution is 2.20. The molecule has 0 bridgehead atoms. The van der Waals surface area contributed by atoms with E-state index in [-0.39, 0.29) is 11.3 Å². The minimum atomic E-state index is -0.342. The lowest BCUT2D eigenvalue weighted by atomic mass is 9.87. The smallest absolute Gasteiger partial charge is 0.225 e. The molecule has 1 rings (SSSR count). The van der Waals surface area contributed by atoms with Crippen molar-refractivity contribution in [3.05, 3.63) is 0 Å². The van der Waals surface area contributed by atoms with Gasteiger partial charge in [-0.15, -0.1) is 0 Å². The fourth-order valence-corrected chi connectivity index (χ4v) is 2.14. The molecule has 0 saturated carbocycles. The van der Waals surface area contributed by atoms with Crippen molar-refractivity contribution in [1.82, 2.24) is 10.2 Å². The van der Waals surface area contributed by atoms with Crippen LogP contribution in [0.5, 0.6) is 0 Å². The zero-order chi connectivity index (χ0) is 12.2. The number of hydrogen-bond donors (Lipinski definition) is 2. The second-order valence-electron chi connectivity index (χ2n) is 5.50. The van der Waals surface area contributed by atoms with Crippen molar-refractivity contribution in [2.75, 3.05) is 26.7 Å². The van der Waals surface area contributed by atoms with Crippen molar-refractivity contribution >= 4 is 5.91 Å². The fourth-order valence-electron chi connectivity index (χ4n) is 2.14. The summed E-state index contributed by atoms with van der Waals surface area (Å²) in [4.78, 5) is 14.3. The predicted octanol–water partition coefficient (Wildman–Crippen LogP) is 0.572. The molecule has 4 heteroatoms. The molecule has 0 radical (unpaired) electrons.